The van der Waals surface area contributed by atoms with Gasteiger partial charge in [-0.25, -0.2) is 8.78 Å². The minimum Gasteiger partial charge on any atom is -0.497 e. The number of H-pyrrole nitrogens is 1. The number of aromatic amines is 1. The molecule has 0 saturated carbocycles. The average molecular weight is 256 g/mol. The lowest BCUT2D eigenvalue weighted by Crippen LogP contribution is -2.36. The lowest BCUT2D eigenvalue weighted by atomic mass is 10.0. The van der Waals surface area contributed by atoms with Gasteiger partial charge < -0.3 is 20.6 Å². The molecule has 0 unspecified atom stereocenters. The summed E-state index contributed by atoms with van der Waals surface area (Å²) in [6.45, 7) is -1.29. The van der Waals surface area contributed by atoms with Crippen LogP contribution in [0.4, 0.5) is 8.78 Å². The number of nitrogens with one attached hydrogen (secondary N) is 1. The van der Waals surface area contributed by atoms with Crippen molar-refractivity contribution in [2.75, 3.05) is 13.7 Å². The first-order valence-electron chi connectivity index (χ1n) is 5.39. The van der Waals surface area contributed by atoms with Crippen LogP contribution in [0.5, 0.6) is 5.75 Å². The van der Waals surface area contributed by atoms with Crippen LogP contribution in [-0.2, 0) is 0 Å². The third kappa shape index (κ3) is 2.04. The molecule has 4 N–H and O–H groups in total. The van der Waals surface area contributed by atoms with E-state index in [1.54, 1.807) is 18.2 Å². The summed E-state index contributed by atoms with van der Waals surface area (Å²) in [6, 6.07) is 3.51. The lowest BCUT2D eigenvalue weighted by molar-refractivity contribution is -0.0708. The van der Waals surface area contributed by atoms with Gasteiger partial charge in [0.05, 0.1) is 13.2 Å². The lowest BCUT2D eigenvalue weighted by Gasteiger charge is -2.21. The van der Waals surface area contributed by atoms with Gasteiger partial charge in [0.2, 0.25) is 0 Å². The molecule has 0 aliphatic rings. The van der Waals surface area contributed by atoms with E-state index in [0.717, 1.165) is 0 Å². The summed E-state index contributed by atoms with van der Waals surface area (Å²) in [5.41, 5.74) is 6.46. The molecule has 1 aromatic heterocycles. The Hall–Kier alpha value is -1.66. The predicted octanol–water partition coefficient (Wildman–Crippen LogP) is 1.80. The van der Waals surface area contributed by atoms with Gasteiger partial charge in [0.1, 0.15) is 12.4 Å². The Morgan fingerprint density at radius 2 is 2.22 bits per heavy atom. The fourth-order valence-corrected chi connectivity index (χ4v) is 1.83. The normalized spacial score (nSPS) is 13.8. The van der Waals surface area contributed by atoms with Crippen LogP contribution in [0.2, 0.25) is 0 Å². The number of nitrogens with two attached hydrogens (primary N) is 1. The van der Waals surface area contributed by atoms with Gasteiger partial charge in [0.25, 0.3) is 5.92 Å². The predicted molar refractivity (Wildman–Crippen MR) is 63.8 cm³/mol. The maximum Gasteiger partial charge on any atom is 0.289 e. The molecule has 0 aliphatic carbocycles. The second-order valence-corrected chi connectivity index (χ2v) is 4.05. The van der Waals surface area contributed by atoms with Crippen molar-refractivity contribution >= 4 is 10.9 Å². The van der Waals surface area contributed by atoms with Crippen molar-refractivity contribution in [1.82, 2.24) is 4.98 Å². The van der Waals surface area contributed by atoms with Crippen molar-refractivity contribution in [3.8, 4) is 5.75 Å². The molecule has 1 aromatic carbocycles. The number of hydrogen-bond acceptors (Lipinski definition) is 3. The van der Waals surface area contributed by atoms with E-state index in [1.165, 1.54) is 13.3 Å². The Kier molecular flexibility index (Phi) is 3.23. The van der Waals surface area contributed by atoms with Gasteiger partial charge in [0, 0.05) is 22.7 Å². The quantitative estimate of drug-likeness (QED) is 0.781. The number of aliphatic hydroxyl groups is 1. The van der Waals surface area contributed by atoms with Crippen molar-refractivity contribution in [2.45, 2.75) is 12.0 Å². The Bertz CT molecular complexity index is 554. The maximum absolute atomic E-state index is 13.4. The molecular formula is C12H14F2N2O2. The molecule has 1 atom stereocenters. The van der Waals surface area contributed by atoms with Gasteiger partial charge in [-0.2, -0.15) is 0 Å². The highest BCUT2D eigenvalue weighted by Crippen LogP contribution is 2.34. The molecule has 98 valence electrons. The summed E-state index contributed by atoms with van der Waals surface area (Å²) in [5, 5.41) is 9.24. The number of methoxy groups -OCH3 is 1. The van der Waals surface area contributed by atoms with E-state index >= 15 is 0 Å². The SMILES string of the molecule is COc1ccc2[nH]cc([C@H](N)C(F)(F)CO)c2c1. The fraction of sp³-hybridized carbons (Fsp3) is 0.333. The van der Waals surface area contributed by atoms with Gasteiger partial charge in [-0.3, -0.25) is 0 Å². The Labute approximate surface area is 102 Å². The van der Waals surface area contributed by atoms with Crippen LogP contribution in [0.1, 0.15) is 11.6 Å². The zero-order valence-electron chi connectivity index (χ0n) is 9.78. The maximum atomic E-state index is 13.4. The average Bonchev–Trinajstić information content (AvgIpc) is 2.80. The van der Waals surface area contributed by atoms with Crippen LogP contribution in [0, 0.1) is 0 Å². The molecule has 0 bridgehead atoms. The van der Waals surface area contributed by atoms with E-state index in [9.17, 15) is 8.78 Å². The van der Waals surface area contributed by atoms with Crippen molar-refractivity contribution < 1.29 is 18.6 Å². The van der Waals surface area contributed by atoms with Gasteiger partial charge in [-0.15, -0.1) is 0 Å². The van der Waals surface area contributed by atoms with E-state index in [-0.39, 0.29) is 5.56 Å². The number of aliphatic hydroxyl groups excluding tert-OH is 1. The molecule has 6 heteroatoms. The summed E-state index contributed by atoms with van der Waals surface area (Å²) in [7, 11) is 1.50. The van der Waals surface area contributed by atoms with E-state index in [4.69, 9.17) is 15.6 Å². The molecule has 18 heavy (non-hydrogen) atoms. The molecule has 2 rings (SSSR count). The van der Waals surface area contributed by atoms with Crippen LogP contribution < -0.4 is 10.5 Å². The van der Waals surface area contributed by atoms with Crippen molar-refractivity contribution in [1.29, 1.82) is 0 Å². The van der Waals surface area contributed by atoms with Crippen LogP contribution >= 0.6 is 0 Å². The van der Waals surface area contributed by atoms with Crippen LogP contribution in [0.3, 0.4) is 0 Å². The van der Waals surface area contributed by atoms with Crippen LogP contribution in [-0.4, -0.2) is 29.7 Å². The molecule has 0 aliphatic heterocycles. The summed E-state index contributed by atoms with van der Waals surface area (Å²) < 4.78 is 31.8. The Morgan fingerprint density at radius 1 is 1.50 bits per heavy atom. The van der Waals surface area contributed by atoms with Crippen LogP contribution in [0.15, 0.2) is 24.4 Å². The van der Waals surface area contributed by atoms with Crippen molar-refractivity contribution in [2.24, 2.45) is 5.73 Å². The largest absolute Gasteiger partial charge is 0.497 e. The van der Waals surface area contributed by atoms with Gasteiger partial charge in [-0.1, -0.05) is 0 Å². The summed E-state index contributed by atoms with van der Waals surface area (Å²) in [6.07, 6.45) is 1.43. The van der Waals surface area contributed by atoms with Gasteiger partial charge >= 0.3 is 0 Å². The number of benzene rings is 1. The minimum atomic E-state index is -3.36. The second-order valence-electron chi connectivity index (χ2n) is 4.05. The topological polar surface area (TPSA) is 71.3 Å². The first-order valence-corrected chi connectivity index (χ1v) is 5.39. The van der Waals surface area contributed by atoms with E-state index in [2.05, 4.69) is 4.98 Å². The first kappa shape index (κ1) is 12.8. The van der Waals surface area contributed by atoms with Crippen molar-refractivity contribution in [3.05, 3.63) is 30.0 Å². The Morgan fingerprint density at radius 3 is 2.83 bits per heavy atom. The molecule has 0 fully saturated rings. The summed E-state index contributed by atoms with van der Waals surface area (Å²) in [5.74, 6) is -2.80. The Balaban J connectivity index is 2.51. The van der Waals surface area contributed by atoms with Crippen molar-refractivity contribution in [3.63, 3.8) is 0 Å². The minimum absolute atomic E-state index is 0.253. The summed E-state index contributed by atoms with van der Waals surface area (Å²) >= 11 is 0. The van der Waals surface area contributed by atoms with E-state index in [0.29, 0.717) is 16.7 Å². The zero-order valence-corrected chi connectivity index (χ0v) is 9.78. The highest BCUT2D eigenvalue weighted by molar-refractivity contribution is 5.85. The molecule has 0 saturated heterocycles. The highest BCUT2D eigenvalue weighted by Gasteiger charge is 2.38. The smallest absolute Gasteiger partial charge is 0.289 e. The van der Waals surface area contributed by atoms with Crippen LogP contribution in [0.25, 0.3) is 10.9 Å². The number of hydrogen-bond donors (Lipinski definition) is 3. The molecular weight excluding hydrogens is 242 g/mol. The first-order chi connectivity index (χ1) is 8.49. The number of halogens is 2. The monoisotopic (exact) mass is 256 g/mol. The summed E-state index contributed by atoms with van der Waals surface area (Å²) in [4.78, 5) is 2.87. The molecule has 0 spiro atoms. The zero-order chi connectivity index (χ0) is 13.3. The van der Waals surface area contributed by atoms with E-state index < -0.39 is 18.6 Å². The van der Waals surface area contributed by atoms with Gasteiger partial charge in [-0.05, 0) is 18.2 Å². The third-order valence-corrected chi connectivity index (χ3v) is 2.92. The number of ether oxygens (including phenoxy) is 1. The molecule has 0 radical (unpaired) electrons. The molecule has 2 aromatic rings. The van der Waals surface area contributed by atoms with E-state index in [1.807, 2.05) is 0 Å². The number of rotatable bonds is 4. The third-order valence-electron chi connectivity index (χ3n) is 2.92. The molecule has 0 amide bonds. The number of alkyl halides is 2. The van der Waals surface area contributed by atoms with Gasteiger partial charge in [0.15, 0.2) is 0 Å². The number of aromatic nitrogens is 1. The highest BCUT2D eigenvalue weighted by atomic mass is 19.3. The standard InChI is InChI=1S/C12H14F2N2O2/c1-18-7-2-3-10-8(4-7)9(5-16-10)11(15)12(13,14)6-17/h2-5,11,16-17H,6,15H2,1H3/t11-/m0/s1. The number of fused-ring (bicyclic) bond motifs is 1. The fourth-order valence-electron chi connectivity index (χ4n) is 1.83. The molecule has 4 nitrogen and oxygen atoms in total. The second kappa shape index (κ2) is 4.55. The molecule has 1 heterocycles.